The van der Waals surface area contributed by atoms with Crippen molar-refractivity contribution in [3.8, 4) is 0 Å². The van der Waals surface area contributed by atoms with Crippen molar-refractivity contribution in [2.45, 2.75) is 20.8 Å². The first-order chi connectivity index (χ1) is 10.7. The van der Waals surface area contributed by atoms with Crippen molar-refractivity contribution in [2.75, 3.05) is 0 Å². The molecule has 2 rings (SSSR count). The maximum absolute atomic E-state index is 4.01. The highest BCUT2D eigenvalue weighted by atomic mass is 14.9. The largest absolute Gasteiger partial charge is 0.309 e. The Balaban J connectivity index is 3.32. The summed E-state index contributed by atoms with van der Waals surface area (Å²) in [7, 11) is 0. The van der Waals surface area contributed by atoms with E-state index in [-0.39, 0.29) is 0 Å². The van der Waals surface area contributed by atoms with Gasteiger partial charge in [0.25, 0.3) is 0 Å². The standard InChI is InChI=1S/C21H23N/c1-7-12-16-15(6)21-18(14-9-3)17(13-8-2)20(11-5)22(21)19(16)10-4/h7-14H,2-4H2,1,5-6H3/b12-7-,17-13-,18-14-,20-11+. The lowest BCUT2D eigenvalue weighted by Gasteiger charge is -1.97. The fraction of sp³-hybridized carbons (Fsp3) is 0.143. The number of aryl methyl sites for hydroxylation is 1. The van der Waals surface area contributed by atoms with E-state index >= 15 is 0 Å². The molecular weight excluding hydrogens is 266 g/mol. The average molecular weight is 289 g/mol. The summed E-state index contributed by atoms with van der Waals surface area (Å²) in [5.41, 5.74) is 4.82. The summed E-state index contributed by atoms with van der Waals surface area (Å²) in [6.07, 6.45) is 16.1. The minimum absolute atomic E-state index is 1.13. The normalized spacial score (nSPS) is 14.4. The molecule has 2 aromatic rings. The van der Waals surface area contributed by atoms with E-state index in [0.717, 1.165) is 11.0 Å². The van der Waals surface area contributed by atoms with Gasteiger partial charge in [-0.2, -0.15) is 0 Å². The second kappa shape index (κ2) is 6.48. The van der Waals surface area contributed by atoms with Gasteiger partial charge in [-0.15, -0.1) is 0 Å². The van der Waals surface area contributed by atoms with Crippen LogP contribution < -0.4 is 15.8 Å². The van der Waals surface area contributed by atoms with Gasteiger partial charge in [0.2, 0.25) is 0 Å². The molecule has 0 amide bonds. The average Bonchev–Trinajstić information content (AvgIpc) is 2.95. The molecule has 1 nitrogen and oxygen atoms in total. The zero-order valence-corrected chi connectivity index (χ0v) is 13.7. The number of hydrogen-bond acceptors (Lipinski definition) is 0. The molecule has 0 unspecified atom stereocenters. The summed E-state index contributed by atoms with van der Waals surface area (Å²) in [5, 5.41) is 3.52. The number of aromatic nitrogens is 1. The van der Waals surface area contributed by atoms with E-state index in [4.69, 9.17) is 0 Å². The Morgan fingerprint density at radius 2 is 1.59 bits per heavy atom. The van der Waals surface area contributed by atoms with E-state index in [9.17, 15) is 0 Å². The maximum atomic E-state index is 4.01. The summed E-state index contributed by atoms with van der Waals surface area (Å²) < 4.78 is 2.28. The fourth-order valence-corrected chi connectivity index (χ4v) is 3.13. The molecule has 1 heteroatoms. The molecule has 112 valence electrons. The van der Waals surface area contributed by atoms with Crippen molar-refractivity contribution < 1.29 is 0 Å². The number of rotatable bonds is 4. The van der Waals surface area contributed by atoms with Gasteiger partial charge in [0.1, 0.15) is 0 Å². The lowest BCUT2D eigenvalue weighted by molar-refractivity contribution is 1.14. The van der Waals surface area contributed by atoms with Crippen LogP contribution in [0.25, 0.3) is 35.9 Å². The zero-order chi connectivity index (χ0) is 16.3. The minimum Gasteiger partial charge on any atom is -0.309 e. The Morgan fingerprint density at radius 1 is 0.955 bits per heavy atom. The van der Waals surface area contributed by atoms with Gasteiger partial charge in [-0.3, -0.25) is 0 Å². The van der Waals surface area contributed by atoms with Gasteiger partial charge in [0.15, 0.2) is 0 Å². The molecule has 0 saturated carbocycles. The van der Waals surface area contributed by atoms with Crippen LogP contribution in [0.15, 0.2) is 38.0 Å². The summed E-state index contributed by atoms with van der Waals surface area (Å²) in [5.74, 6) is 0. The monoisotopic (exact) mass is 289 g/mol. The number of nitrogens with zero attached hydrogens (tertiary/aromatic N) is 1. The van der Waals surface area contributed by atoms with Crippen LogP contribution in [0.2, 0.25) is 0 Å². The van der Waals surface area contributed by atoms with Crippen molar-refractivity contribution in [3.63, 3.8) is 0 Å². The van der Waals surface area contributed by atoms with E-state index < -0.39 is 0 Å². The second-order valence-corrected chi connectivity index (χ2v) is 5.12. The zero-order valence-electron chi connectivity index (χ0n) is 13.7. The Kier molecular flexibility index (Phi) is 4.67. The van der Waals surface area contributed by atoms with E-state index in [2.05, 4.69) is 68.4 Å². The molecule has 0 aliphatic rings. The second-order valence-electron chi connectivity index (χ2n) is 5.12. The van der Waals surface area contributed by atoms with E-state index in [1.807, 2.05) is 25.2 Å². The number of fused-ring (bicyclic) bond motifs is 1. The predicted octanol–water partition coefficient (Wildman–Crippen LogP) is 3.38. The summed E-state index contributed by atoms with van der Waals surface area (Å²) in [4.78, 5) is 0. The van der Waals surface area contributed by atoms with Crippen LogP contribution in [-0.2, 0) is 0 Å². The topological polar surface area (TPSA) is 4.41 Å². The molecule has 0 saturated heterocycles. The Bertz CT molecular complexity index is 947. The Morgan fingerprint density at radius 3 is 2.09 bits per heavy atom. The van der Waals surface area contributed by atoms with Crippen molar-refractivity contribution in [2.24, 2.45) is 0 Å². The van der Waals surface area contributed by atoms with Crippen LogP contribution in [0, 0.1) is 6.92 Å². The van der Waals surface area contributed by atoms with Crippen LogP contribution in [0.4, 0.5) is 0 Å². The highest BCUT2D eigenvalue weighted by Crippen LogP contribution is 2.22. The van der Waals surface area contributed by atoms with Gasteiger partial charge < -0.3 is 4.40 Å². The molecule has 0 bridgehead atoms. The smallest absolute Gasteiger partial charge is 0.0577 e. The number of allylic oxidation sites excluding steroid dienone is 3. The van der Waals surface area contributed by atoms with Gasteiger partial charge in [-0.1, -0.05) is 62.3 Å². The minimum atomic E-state index is 1.13. The molecule has 0 N–H and O–H groups in total. The molecule has 0 aliphatic carbocycles. The van der Waals surface area contributed by atoms with Gasteiger partial charge in [-0.05, 0) is 32.4 Å². The third-order valence-electron chi connectivity index (χ3n) is 3.93. The lowest BCUT2D eigenvalue weighted by Crippen LogP contribution is -2.34. The van der Waals surface area contributed by atoms with Gasteiger partial charge in [0, 0.05) is 21.3 Å². The van der Waals surface area contributed by atoms with Crippen molar-refractivity contribution >= 4 is 35.9 Å². The quantitative estimate of drug-likeness (QED) is 0.813. The third-order valence-corrected chi connectivity index (χ3v) is 3.93. The van der Waals surface area contributed by atoms with E-state index in [1.54, 1.807) is 0 Å². The molecule has 2 heterocycles. The molecule has 0 spiro atoms. The van der Waals surface area contributed by atoms with Crippen LogP contribution >= 0.6 is 0 Å². The van der Waals surface area contributed by atoms with Crippen LogP contribution in [0.5, 0.6) is 0 Å². The van der Waals surface area contributed by atoms with Crippen molar-refractivity contribution in [1.82, 2.24) is 4.40 Å². The first-order valence-corrected chi connectivity index (χ1v) is 7.49. The first kappa shape index (κ1) is 15.8. The molecule has 0 fully saturated rings. The van der Waals surface area contributed by atoms with E-state index in [1.165, 1.54) is 27.1 Å². The maximum Gasteiger partial charge on any atom is 0.0577 e. The molecule has 22 heavy (non-hydrogen) atoms. The number of hydrogen-bond donors (Lipinski definition) is 0. The Labute approximate surface area is 132 Å². The fourth-order valence-electron chi connectivity index (χ4n) is 3.13. The lowest BCUT2D eigenvalue weighted by atomic mass is 10.1. The van der Waals surface area contributed by atoms with Crippen molar-refractivity contribution in [1.29, 1.82) is 0 Å². The van der Waals surface area contributed by atoms with E-state index in [0.29, 0.717) is 0 Å². The van der Waals surface area contributed by atoms with Crippen LogP contribution in [0.3, 0.4) is 0 Å². The molecular formula is C21H23N. The van der Waals surface area contributed by atoms with Gasteiger partial charge in [0.05, 0.1) is 11.2 Å². The predicted molar refractivity (Wildman–Crippen MR) is 101 cm³/mol. The summed E-state index contributed by atoms with van der Waals surface area (Å²) in [6.45, 7) is 18.0. The summed E-state index contributed by atoms with van der Waals surface area (Å²) in [6, 6.07) is 0. The van der Waals surface area contributed by atoms with Crippen LogP contribution in [0.1, 0.15) is 30.7 Å². The van der Waals surface area contributed by atoms with Crippen LogP contribution in [-0.4, -0.2) is 4.40 Å². The molecule has 0 aliphatic heterocycles. The highest BCUT2D eigenvalue weighted by molar-refractivity contribution is 5.78. The molecule has 0 radical (unpaired) electrons. The van der Waals surface area contributed by atoms with Gasteiger partial charge in [-0.25, -0.2) is 0 Å². The summed E-state index contributed by atoms with van der Waals surface area (Å²) >= 11 is 0. The Hall–Kier alpha value is -2.54. The highest BCUT2D eigenvalue weighted by Gasteiger charge is 2.15. The first-order valence-electron chi connectivity index (χ1n) is 7.49. The SMILES string of the molecule is C=C/C=c1c(=C/C=C)/c2c(C)c(/C=C\C)c(C=C)n2c/1=C/C. The molecule has 2 aromatic heterocycles. The molecule has 0 aromatic carbocycles. The molecule has 0 atom stereocenters. The third kappa shape index (κ3) is 2.19. The van der Waals surface area contributed by atoms with Crippen molar-refractivity contribution in [3.05, 3.63) is 70.6 Å². The van der Waals surface area contributed by atoms with Gasteiger partial charge >= 0.3 is 0 Å².